The van der Waals surface area contributed by atoms with Crippen molar-refractivity contribution in [3.63, 3.8) is 0 Å². The van der Waals surface area contributed by atoms with Crippen LogP contribution in [-0.4, -0.2) is 48.6 Å². The quantitative estimate of drug-likeness (QED) is 0.694. The van der Waals surface area contributed by atoms with Crippen molar-refractivity contribution in [2.24, 2.45) is 5.92 Å². The molecule has 1 N–H and O–H groups in total. The third kappa shape index (κ3) is 3.39. The van der Waals surface area contributed by atoms with Crippen molar-refractivity contribution in [1.29, 1.82) is 0 Å². The molecule has 0 aromatic heterocycles. The van der Waals surface area contributed by atoms with Gasteiger partial charge < -0.3 is 15.0 Å². The van der Waals surface area contributed by atoms with Gasteiger partial charge in [0.2, 0.25) is 11.8 Å². The van der Waals surface area contributed by atoms with Gasteiger partial charge in [-0.05, 0) is 44.9 Å². The fraction of sp³-hybridized carbons (Fsp3) is 0.875. The van der Waals surface area contributed by atoms with E-state index in [1.807, 2.05) is 11.8 Å². The maximum Gasteiger partial charge on any atom is 0.249 e. The largest absolute Gasteiger partial charge is 0.385 e. The molecule has 2 aliphatic rings. The fourth-order valence-electron chi connectivity index (χ4n) is 3.26. The highest BCUT2D eigenvalue weighted by atomic mass is 16.5. The molecule has 0 radical (unpaired) electrons. The molecule has 2 amide bonds. The summed E-state index contributed by atoms with van der Waals surface area (Å²) in [4.78, 5) is 27.2. The Hall–Kier alpha value is -1.10. The first-order valence-electron chi connectivity index (χ1n) is 8.16. The average molecular weight is 296 g/mol. The van der Waals surface area contributed by atoms with Crippen molar-refractivity contribution in [2.75, 3.05) is 20.3 Å². The van der Waals surface area contributed by atoms with E-state index in [4.69, 9.17) is 4.74 Å². The van der Waals surface area contributed by atoms with Crippen LogP contribution in [0, 0.1) is 5.92 Å². The number of hydrogen-bond donors (Lipinski definition) is 1. The van der Waals surface area contributed by atoms with Gasteiger partial charge in [0.1, 0.15) is 11.6 Å². The molecule has 1 saturated carbocycles. The smallest absolute Gasteiger partial charge is 0.249 e. The van der Waals surface area contributed by atoms with E-state index in [2.05, 4.69) is 12.2 Å². The molecule has 1 heterocycles. The van der Waals surface area contributed by atoms with E-state index in [0.717, 1.165) is 38.5 Å². The predicted molar refractivity (Wildman–Crippen MR) is 80.8 cm³/mol. The van der Waals surface area contributed by atoms with E-state index in [9.17, 15) is 9.59 Å². The lowest BCUT2D eigenvalue weighted by atomic mass is 9.88. The van der Waals surface area contributed by atoms with Crippen LogP contribution < -0.4 is 5.32 Å². The molecule has 5 heteroatoms. The third-order valence-electron chi connectivity index (χ3n) is 4.72. The van der Waals surface area contributed by atoms with E-state index < -0.39 is 5.54 Å². The molecule has 0 aromatic rings. The molecule has 0 aromatic carbocycles. The molecular formula is C16H28N2O3. The van der Waals surface area contributed by atoms with Gasteiger partial charge in [0.25, 0.3) is 0 Å². The summed E-state index contributed by atoms with van der Waals surface area (Å²) < 4.78 is 5.06. The van der Waals surface area contributed by atoms with E-state index in [1.165, 1.54) is 0 Å². The summed E-state index contributed by atoms with van der Waals surface area (Å²) in [7, 11) is 1.68. The van der Waals surface area contributed by atoms with Gasteiger partial charge in [-0.3, -0.25) is 9.59 Å². The second-order valence-corrected chi connectivity index (χ2v) is 6.47. The second-order valence-electron chi connectivity index (χ2n) is 6.47. The lowest BCUT2D eigenvalue weighted by Gasteiger charge is -2.45. The second kappa shape index (κ2) is 6.77. The highest BCUT2D eigenvalue weighted by molar-refractivity contribution is 6.00. The number of hydrogen-bond acceptors (Lipinski definition) is 3. The maximum absolute atomic E-state index is 12.9. The molecule has 2 fully saturated rings. The van der Waals surface area contributed by atoms with Crippen LogP contribution in [0.2, 0.25) is 0 Å². The molecule has 1 aliphatic heterocycles. The Morgan fingerprint density at radius 3 is 2.62 bits per heavy atom. The molecule has 1 saturated heterocycles. The van der Waals surface area contributed by atoms with Crippen LogP contribution in [0.4, 0.5) is 0 Å². The molecule has 21 heavy (non-hydrogen) atoms. The zero-order valence-corrected chi connectivity index (χ0v) is 13.5. The monoisotopic (exact) mass is 296 g/mol. The van der Waals surface area contributed by atoms with Crippen molar-refractivity contribution in [3.05, 3.63) is 0 Å². The number of nitrogens with one attached hydrogen (secondary N) is 1. The number of rotatable bonds is 8. The number of ether oxygens (including phenoxy) is 1. The van der Waals surface area contributed by atoms with E-state index >= 15 is 0 Å². The number of carbonyl (C=O) groups excluding carboxylic acids is 2. The molecule has 2 unspecified atom stereocenters. The van der Waals surface area contributed by atoms with Crippen LogP contribution in [0.3, 0.4) is 0 Å². The zero-order chi connectivity index (χ0) is 15.5. The van der Waals surface area contributed by atoms with Gasteiger partial charge >= 0.3 is 0 Å². The first kappa shape index (κ1) is 16.3. The van der Waals surface area contributed by atoms with Crippen molar-refractivity contribution < 1.29 is 14.3 Å². The van der Waals surface area contributed by atoms with Crippen molar-refractivity contribution in [2.45, 2.75) is 64.0 Å². The Labute approximate surface area is 127 Å². The summed E-state index contributed by atoms with van der Waals surface area (Å²) in [6, 6.07) is -0.295. The van der Waals surface area contributed by atoms with Gasteiger partial charge in [0, 0.05) is 20.3 Å². The third-order valence-corrected chi connectivity index (χ3v) is 4.72. The van der Waals surface area contributed by atoms with Gasteiger partial charge in [-0.25, -0.2) is 0 Å². The number of methoxy groups -OCH3 is 1. The van der Waals surface area contributed by atoms with E-state index in [1.54, 1.807) is 7.11 Å². The van der Waals surface area contributed by atoms with E-state index in [-0.39, 0.29) is 17.9 Å². The van der Waals surface area contributed by atoms with Gasteiger partial charge in [-0.15, -0.1) is 0 Å². The molecule has 2 rings (SSSR count). The number of nitrogens with zero attached hydrogens (tertiary/aromatic N) is 1. The molecule has 5 nitrogen and oxygen atoms in total. The normalized spacial score (nSPS) is 29.7. The minimum Gasteiger partial charge on any atom is -0.385 e. The van der Waals surface area contributed by atoms with Gasteiger partial charge in [0.15, 0.2) is 0 Å². The van der Waals surface area contributed by atoms with Crippen LogP contribution in [0.15, 0.2) is 0 Å². The first-order chi connectivity index (χ1) is 10.0. The predicted octanol–water partition coefficient (Wildman–Crippen LogP) is 1.71. The van der Waals surface area contributed by atoms with Gasteiger partial charge in [-0.2, -0.15) is 0 Å². The number of carbonyl (C=O) groups is 2. The Morgan fingerprint density at radius 1 is 1.33 bits per heavy atom. The summed E-state index contributed by atoms with van der Waals surface area (Å²) in [5.74, 6) is 0.455. The zero-order valence-electron chi connectivity index (χ0n) is 13.5. The van der Waals surface area contributed by atoms with E-state index in [0.29, 0.717) is 19.1 Å². The summed E-state index contributed by atoms with van der Waals surface area (Å²) in [5.41, 5.74) is -0.678. The molecule has 120 valence electrons. The van der Waals surface area contributed by atoms with Crippen molar-refractivity contribution in [3.8, 4) is 0 Å². The lowest BCUT2D eigenvalue weighted by molar-refractivity contribution is -0.155. The fourth-order valence-corrected chi connectivity index (χ4v) is 3.26. The molecule has 2 atom stereocenters. The molecule has 1 aliphatic carbocycles. The van der Waals surface area contributed by atoms with Gasteiger partial charge in [0.05, 0.1) is 0 Å². The summed E-state index contributed by atoms with van der Waals surface area (Å²) in [5, 5.41) is 3.02. The summed E-state index contributed by atoms with van der Waals surface area (Å²) >= 11 is 0. The molecular weight excluding hydrogens is 268 g/mol. The lowest BCUT2D eigenvalue weighted by Crippen LogP contribution is -2.70. The van der Waals surface area contributed by atoms with Gasteiger partial charge in [-0.1, -0.05) is 13.3 Å². The van der Waals surface area contributed by atoms with Crippen LogP contribution in [-0.2, 0) is 14.3 Å². The van der Waals surface area contributed by atoms with Crippen molar-refractivity contribution in [1.82, 2.24) is 10.2 Å². The number of unbranched alkanes of at least 4 members (excludes halogenated alkanes) is 1. The summed E-state index contributed by atoms with van der Waals surface area (Å²) in [6.07, 6.45) is 5.52. The number of amides is 2. The Bertz CT molecular complexity index is 395. The standard InChI is InChI=1S/C16H28N2O3/c1-4-7-13-14(19)17-16(2,12-8-9-12)15(20)18(13)10-5-6-11-21-3/h12-13H,4-11H2,1-3H3,(H,17,19). The Morgan fingerprint density at radius 2 is 2.05 bits per heavy atom. The summed E-state index contributed by atoms with van der Waals surface area (Å²) in [6.45, 7) is 5.31. The molecule has 0 bridgehead atoms. The topological polar surface area (TPSA) is 58.6 Å². The highest BCUT2D eigenvalue weighted by Crippen LogP contribution is 2.42. The first-order valence-corrected chi connectivity index (χ1v) is 8.16. The van der Waals surface area contributed by atoms with Crippen LogP contribution in [0.25, 0.3) is 0 Å². The maximum atomic E-state index is 12.9. The number of piperazine rings is 1. The Balaban J connectivity index is 2.08. The molecule has 0 spiro atoms. The van der Waals surface area contributed by atoms with Crippen molar-refractivity contribution >= 4 is 11.8 Å². The SMILES string of the molecule is CCCC1C(=O)NC(C)(C2CC2)C(=O)N1CCCCOC. The van der Waals surface area contributed by atoms with Crippen LogP contribution >= 0.6 is 0 Å². The van der Waals surface area contributed by atoms with Crippen LogP contribution in [0.5, 0.6) is 0 Å². The minimum atomic E-state index is -0.678. The average Bonchev–Trinajstić information content (AvgIpc) is 3.28. The highest BCUT2D eigenvalue weighted by Gasteiger charge is 2.54. The minimum absolute atomic E-state index is 0.0255. The Kier molecular flexibility index (Phi) is 5.25. The van der Waals surface area contributed by atoms with Crippen LogP contribution in [0.1, 0.15) is 52.4 Å².